The first-order chi connectivity index (χ1) is 9.59. The van der Waals surface area contributed by atoms with Crippen LogP contribution < -0.4 is 0 Å². The Hall–Kier alpha value is -1.09. The molecule has 0 aromatic heterocycles. The Morgan fingerprint density at radius 3 is 1.09 bits per heavy atom. The molecule has 1 unspecified atom stereocenters. The summed E-state index contributed by atoms with van der Waals surface area (Å²) in [7, 11) is 0. The first-order valence-corrected chi connectivity index (χ1v) is 4.60. The van der Waals surface area contributed by atoms with E-state index in [1.807, 2.05) is 0 Å². The van der Waals surface area contributed by atoms with Gasteiger partial charge < -0.3 is 0 Å². The van der Waals surface area contributed by atoms with Crippen molar-refractivity contribution in [2.24, 2.45) is 0 Å². The zero-order valence-electron chi connectivity index (χ0n) is 9.66. The van der Waals surface area contributed by atoms with Crippen molar-refractivity contribution in [1.29, 1.82) is 0 Å². The summed E-state index contributed by atoms with van der Waals surface area (Å²) in [6.45, 7) is 0. The Kier molecular flexibility index (Phi) is 5.22. The van der Waals surface area contributed by atoms with Crippen LogP contribution in [0.3, 0.4) is 0 Å². The summed E-state index contributed by atoms with van der Waals surface area (Å²) in [5, 5.41) is 0. The summed E-state index contributed by atoms with van der Waals surface area (Å²) in [5.41, 5.74) is 0. The molecule has 0 aromatic rings. The highest BCUT2D eigenvalue weighted by Gasteiger charge is 2.81. The molecule has 0 amide bonds. The van der Waals surface area contributed by atoms with Gasteiger partial charge in [0.25, 0.3) is 0 Å². The van der Waals surface area contributed by atoms with Crippen LogP contribution in [0.15, 0.2) is 0 Å². The minimum atomic E-state index is -7.62. The van der Waals surface area contributed by atoms with Crippen molar-refractivity contribution in [2.45, 2.75) is 42.6 Å². The maximum Gasteiger partial charge on any atom is 0.482 e. The fourth-order valence-electron chi connectivity index (χ4n) is 0.915. The molecule has 1 nitrogen and oxygen atoms in total. The zero-order valence-corrected chi connectivity index (χ0v) is 9.66. The number of rotatable bonds is 4. The highest BCUT2D eigenvalue weighted by Crippen LogP contribution is 2.53. The van der Waals surface area contributed by atoms with Gasteiger partial charge in [0.05, 0.1) is 0 Å². The molecule has 0 aromatic carbocycles. The third-order valence-electron chi connectivity index (χ3n) is 2.00. The van der Waals surface area contributed by atoms with Gasteiger partial charge >= 0.3 is 36.5 Å². The van der Waals surface area contributed by atoms with Gasteiger partial charge in [-0.1, -0.05) is 0 Å². The second-order valence-corrected chi connectivity index (χ2v) is 3.75. The quantitative estimate of drug-likeness (QED) is 0.624. The Balaban J connectivity index is 6.05. The van der Waals surface area contributed by atoms with Gasteiger partial charge in [0.15, 0.2) is 0 Å². The number of alkyl halides is 15. The van der Waals surface area contributed by atoms with E-state index in [0.29, 0.717) is 0 Å². The first-order valence-electron chi connectivity index (χ1n) is 4.60. The van der Waals surface area contributed by atoms with Crippen molar-refractivity contribution in [3.8, 4) is 0 Å². The molecule has 0 radical (unpaired) electrons. The molecule has 140 valence electrons. The molecule has 23 heavy (non-hydrogen) atoms. The van der Waals surface area contributed by atoms with Gasteiger partial charge in [0.1, 0.15) is 0 Å². The minimum Gasteiger partial charge on any atom is -0.293 e. The van der Waals surface area contributed by atoms with E-state index in [1.165, 1.54) is 0 Å². The van der Waals surface area contributed by atoms with Crippen molar-refractivity contribution in [1.82, 2.24) is 0 Å². The molecule has 0 N–H and O–H groups in total. The third-order valence-corrected chi connectivity index (χ3v) is 2.00. The third kappa shape index (κ3) is 4.06. The minimum absolute atomic E-state index is 1.60. The number of hydrogen-bond donors (Lipinski definition) is 0. The van der Waals surface area contributed by atoms with E-state index >= 15 is 0 Å². The highest BCUT2D eigenvalue weighted by atomic mass is 19.4. The Bertz CT molecular complexity index is 411. The van der Waals surface area contributed by atoms with E-state index in [0.717, 1.165) is 0 Å². The molecule has 16 heteroatoms. The van der Waals surface area contributed by atoms with Crippen LogP contribution in [0, 0.1) is 0 Å². The summed E-state index contributed by atoms with van der Waals surface area (Å²) >= 11 is 0. The van der Waals surface area contributed by atoms with E-state index in [1.54, 1.807) is 4.74 Å². The molecule has 0 bridgehead atoms. The fourth-order valence-corrected chi connectivity index (χ4v) is 0.915. The highest BCUT2D eigenvalue weighted by molar-refractivity contribution is 5.00. The predicted molar refractivity (Wildman–Crippen MR) is 37.9 cm³/mol. The number of ether oxygens (including phenoxy) is 1. The van der Waals surface area contributed by atoms with Crippen LogP contribution in [0.25, 0.3) is 0 Å². The molecule has 0 aliphatic carbocycles. The van der Waals surface area contributed by atoms with Gasteiger partial charge in [-0.2, -0.15) is 65.9 Å². The van der Waals surface area contributed by atoms with Crippen LogP contribution in [-0.2, 0) is 4.74 Å². The fraction of sp³-hybridized carbons (Fsp3) is 1.00. The summed E-state index contributed by atoms with van der Waals surface area (Å²) in [6.07, 6.45) is -34.8. The molecular formula is C7HF15O. The molecule has 0 spiro atoms. The molecular weight excluding hydrogens is 385 g/mol. The summed E-state index contributed by atoms with van der Waals surface area (Å²) in [4.78, 5) is 0. The van der Waals surface area contributed by atoms with E-state index in [4.69, 9.17) is 0 Å². The van der Waals surface area contributed by atoms with Crippen LogP contribution in [0.5, 0.6) is 0 Å². The van der Waals surface area contributed by atoms with Crippen molar-refractivity contribution >= 4 is 0 Å². The lowest BCUT2D eigenvalue weighted by Gasteiger charge is -2.36. The molecule has 0 rings (SSSR count). The normalized spacial score (nSPS) is 17.3. The molecule has 0 saturated heterocycles. The maximum absolute atomic E-state index is 12.8. The topological polar surface area (TPSA) is 9.23 Å². The molecule has 0 fully saturated rings. The van der Waals surface area contributed by atoms with Crippen LogP contribution in [0.2, 0.25) is 0 Å². The van der Waals surface area contributed by atoms with Crippen LogP contribution >= 0.6 is 0 Å². The molecule has 1 atom stereocenters. The van der Waals surface area contributed by atoms with E-state index in [-0.39, 0.29) is 0 Å². The summed E-state index contributed by atoms with van der Waals surface area (Å²) in [6, 6.07) is 0. The van der Waals surface area contributed by atoms with Gasteiger partial charge in [0.2, 0.25) is 6.10 Å². The number of hydrogen-bond acceptors (Lipinski definition) is 1. The van der Waals surface area contributed by atoms with Crippen LogP contribution in [0.4, 0.5) is 65.9 Å². The SMILES string of the molecule is FC(F)(F)C(OC(F)(F)C(F)(F)F)C(F)(F)C(F)(F)C(F)(F)F. The summed E-state index contributed by atoms with van der Waals surface area (Å²) in [5.74, 6) is -15.2. The lowest BCUT2D eigenvalue weighted by Crippen LogP contribution is -2.64. The number of halogens is 15. The van der Waals surface area contributed by atoms with Crippen LogP contribution in [0.1, 0.15) is 0 Å². The van der Waals surface area contributed by atoms with E-state index in [9.17, 15) is 65.9 Å². The second-order valence-electron chi connectivity index (χ2n) is 3.75. The van der Waals surface area contributed by atoms with Crippen molar-refractivity contribution in [3.05, 3.63) is 0 Å². The van der Waals surface area contributed by atoms with Crippen LogP contribution in [-0.4, -0.2) is 42.6 Å². The molecule has 0 heterocycles. The largest absolute Gasteiger partial charge is 0.482 e. The van der Waals surface area contributed by atoms with Crippen molar-refractivity contribution < 1.29 is 70.6 Å². The Morgan fingerprint density at radius 2 is 0.870 bits per heavy atom. The van der Waals surface area contributed by atoms with Gasteiger partial charge in [-0.05, 0) is 0 Å². The molecule has 0 aliphatic heterocycles. The molecule has 0 aliphatic rings. The smallest absolute Gasteiger partial charge is 0.293 e. The van der Waals surface area contributed by atoms with Gasteiger partial charge in [-0.3, -0.25) is 4.74 Å². The molecule has 0 saturated carbocycles. The Morgan fingerprint density at radius 1 is 0.522 bits per heavy atom. The maximum atomic E-state index is 12.8. The van der Waals surface area contributed by atoms with E-state index in [2.05, 4.69) is 0 Å². The van der Waals surface area contributed by atoms with Gasteiger partial charge in [0, 0.05) is 0 Å². The van der Waals surface area contributed by atoms with Crippen molar-refractivity contribution in [3.63, 3.8) is 0 Å². The first kappa shape index (κ1) is 21.9. The van der Waals surface area contributed by atoms with Gasteiger partial charge in [-0.15, -0.1) is 0 Å². The average Bonchev–Trinajstić information content (AvgIpc) is 2.20. The predicted octanol–water partition coefficient (Wildman–Crippen LogP) is 4.92. The van der Waals surface area contributed by atoms with Crippen molar-refractivity contribution in [2.75, 3.05) is 0 Å². The second kappa shape index (κ2) is 5.47. The van der Waals surface area contributed by atoms with E-state index < -0.39 is 42.6 Å². The summed E-state index contributed by atoms with van der Waals surface area (Å²) < 4.78 is 182. The van der Waals surface area contributed by atoms with Gasteiger partial charge in [-0.25, -0.2) is 0 Å². The standard InChI is InChI=1S/C7HF15O/c8-2(9,4(13,14)5(15,16)17)1(3(10,11)12)23-7(21,22)6(18,19)20/h1H. The monoisotopic (exact) mass is 386 g/mol. The lowest BCUT2D eigenvalue weighted by molar-refractivity contribution is -0.464. The average molecular weight is 386 g/mol. The Labute approximate surface area is 115 Å². The zero-order chi connectivity index (χ0) is 19.3. The lowest BCUT2D eigenvalue weighted by atomic mass is 10.0.